The standard InChI is InChI=1S/C25H29BN4/c1-3-12-21(17-19-13-8-6-5-7-9-14-19)28-25-27-18-22(26)24(30-25)29-23-16-11-10-15-20(23)4-2/h3-4,10-13,15-18H,2,5-9,14H2,1H3,(H2,27,28,29,30)/b12-3-,19-13+,21-17+. The van der Waals surface area contributed by atoms with E-state index in [0.29, 0.717) is 17.2 Å². The minimum atomic E-state index is 0.485. The molecule has 0 saturated carbocycles. The predicted molar refractivity (Wildman–Crippen MR) is 130 cm³/mol. The summed E-state index contributed by atoms with van der Waals surface area (Å²) in [5.41, 5.74) is 4.69. The summed E-state index contributed by atoms with van der Waals surface area (Å²) >= 11 is 0. The Morgan fingerprint density at radius 3 is 2.83 bits per heavy atom. The highest BCUT2D eigenvalue weighted by Crippen LogP contribution is 2.22. The van der Waals surface area contributed by atoms with E-state index >= 15 is 0 Å². The number of nitrogens with zero attached hydrogens (tertiary/aromatic N) is 2. The van der Waals surface area contributed by atoms with Gasteiger partial charge in [0.15, 0.2) is 0 Å². The second-order valence-electron chi connectivity index (χ2n) is 7.37. The Morgan fingerprint density at radius 2 is 2.00 bits per heavy atom. The number of allylic oxidation sites excluding steroid dienone is 5. The first-order chi connectivity index (χ1) is 14.7. The van der Waals surface area contributed by atoms with E-state index in [2.05, 4.69) is 39.3 Å². The van der Waals surface area contributed by atoms with E-state index in [9.17, 15) is 0 Å². The molecule has 0 aliphatic heterocycles. The molecule has 5 heteroatoms. The molecule has 0 spiro atoms. The van der Waals surface area contributed by atoms with Crippen molar-refractivity contribution < 1.29 is 0 Å². The van der Waals surface area contributed by atoms with Crippen LogP contribution < -0.4 is 16.1 Å². The van der Waals surface area contributed by atoms with Crippen LogP contribution in [0.25, 0.3) is 6.08 Å². The van der Waals surface area contributed by atoms with Gasteiger partial charge in [0.2, 0.25) is 5.95 Å². The van der Waals surface area contributed by atoms with Gasteiger partial charge in [-0.2, -0.15) is 4.98 Å². The van der Waals surface area contributed by atoms with Crippen LogP contribution in [0.4, 0.5) is 17.5 Å². The molecule has 1 aliphatic carbocycles. The largest absolute Gasteiger partial charge is 0.340 e. The lowest BCUT2D eigenvalue weighted by Crippen LogP contribution is -2.15. The zero-order valence-electron chi connectivity index (χ0n) is 17.7. The number of aromatic nitrogens is 2. The van der Waals surface area contributed by atoms with Crippen molar-refractivity contribution in [3.63, 3.8) is 0 Å². The first kappa shape index (κ1) is 21.6. The smallest absolute Gasteiger partial charge is 0.229 e. The van der Waals surface area contributed by atoms with E-state index in [1.54, 1.807) is 12.3 Å². The third kappa shape index (κ3) is 6.21. The molecule has 2 N–H and O–H groups in total. The molecule has 30 heavy (non-hydrogen) atoms. The van der Waals surface area contributed by atoms with E-state index in [-0.39, 0.29) is 0 Å². The van der Waals surface area contributed by atoms with Crippen LogP contribution in [0.3, 0.4) is 0 Å². The van der Waals surface area contributed by atoms with Gasteiger partial charge in [-0.25, -0.2) is 4.98 Å². The number of anilines is 3. The Labute approximate surface area is 181 Å². The molecule has 1 aliphatic rings. The van der Waals surface area contributed by atoms with Crippen molar-refractivity contribution in [2.24, 2.45) is 0 Å². The Bertz CT molecular complexity index is 959. The quantitative estimate of drug-likeness (QED) is 0.458. The minimum Gasteiger partial charge on any atom is -0.340 e. The van der Waals surface area contributed by atoms with E-state index in [1.165, 1.54) is 31.3 Å². The maximum atomic E-state index is 6.12. The van der Waals surface area contributed by atoms with Crippen LogP contribution in [-0.4, -0.2) is 17.8 Å². The van der Waals surface area contributed by atoms with Gasteiger partial charge in [0.25, 0.3) is 0 Å². The minimum absolute atomic E-state index is 0.485. The summed E-state index contributed by atoms with van der Waals surface area (Å²) in [5.74, 6) is 1.06. The van der Waals surface area contributed by atoms with Crippen molar-refractivity contribution in [1.29, 1.82) is 0 Å². The van der Waals surface area contributed by atoms with Crippen LogP contribution in [0, 0.1) is 0 Å². The summed E-state index contributed by atoms with van der Waals surface area (Å²) in [6.45, 7) is 5.87. The lowest BCUT2D eigenvalue weighted by Gasteiger charge is -2.14. The fourth-order valence-electron chi connectivity index (χ4n) is 3.45. The van der Waals surface area contributed by atoms with Gasteiger partial charge in [-0.15, -0.1) is 0 Å². The Kier molecular flexibility index (Phi) is 8.07. The number of hydrogen-bond acceptors (Lipinski definition) is 4. The fourth-order valence-corrected chi connectivity index (χ4v) is 3.45. The molecule has 2 aromatic rings. The van der Waals surface area contributed by atoms with Gasteiger partial charge in [0, 0.05) is 17.6 Å². The van der Waals surface area contributed by atoms with Crippen molar-refractivity contribution in [2.45, 2.75) is 45.4 Å². The Balaban J connectivity index is 1.83. The molecule has 0 unspecified atom stereocenters. The van der Waals surface area contributed by atoms with Crippen LogP contribution in [0.1, 0.15) is 51.0 Å². The molecule has 0 atom stereocenters. The fraction of sp³-hybridized carbons (Fsp3) is 0.280. The molecule has 152 valence electrons. The van der Waals surface area contributed by atoms with E-state index in [0.717, 1.165) is 29.8 Å². The van der Waals surface area contributed by atoms with Crippen LogP contribution in [0.5, 0.6) is 0 Å². The van der Waals surface area contributed by atoms with Gasteiger partial charge in [-0.1, -0.05) is 55.8 Å². The van der Waals surface area contributed by atoms with Crippen LogP contribution in [0.15, 0.2) is 72.6 Å². The van der Waals surface area contributed by atoms with E-state index in [4.69, 9.17) is 7.85 Å². The zero-order chi connectivity index (χ0) is 21.2. The normalized spacial score (nSPS) is 17.0. The third-order valence-electron chi connectivity index (χ3n) is 5.02. The molecule has 0 amide bonds. The molecule has 2 radical (unpaired) electrons. The van der Waals surface area contributed by atoms with E-state index < -0.39 is 0 Å². The number of benzene rings is 1. The monoisotopic (exact) mass is 396 g/mol. The van der Waals surface area contributed by atoms with Crippen molar-refractivity contribution in [3.05, 3.63) is 78.2 Å². The highest BCUT2D eigenvalue weighted by atomic mass is 15.1. The van der Waals surface area contributed by atoms with Crippen molar-refractivity contribution in [2.75, 3.05) is 10.6 Å². The molecule has 1 heterocycles. The van der Waals surface area contributed by atoms with Gasteiger partial charge in [0.1, 0.15) is 13.7 Å². The second-order valence-corrected chi connectivity index (χ2v) is 7.37. The topological polar surface area (TPSA) is 49.8 Å². The predicted octanol–water partition coefficient (Wildman–Crippen LogP) is 5.81. The van der Waals surface area contributed by atoms with Gasteiger partial charge in [-0.05, 0) is 67.4 Å². The van der Waals surface area contributed by atoms with E-state index in [1.807, 2.05) is 43.3 Å². The molecular formula is C25H29BN4. The van der Waals surface area contributed by atoms with Gasteiger partial charge >= 0.3 is 0 Å². The lowest BCUT2D eigenvalue weighted by molar-refractivity contribution is 0.629. The highest BCUT2D eigenvalue weighted by Gasteiger charge is 2.08. The molecule has 3 rings (SSSR count). The summed E-state index contributed by atoms with van der Waals surface area (Å²) in [6.07, 6.45) is 19.4. The molecular weight excluding hydrogens is 367 g/mol. The van der Waals surface area contributed by atoms with Crippen molar-refractivity contribution in [3.8, 4) is 0 Å². The van der Waals surface area contributed by atoms with Crippen LogP contribution in [0.2, 0.25) is 0 Å². The summed E-state index contributed by atoms with van der Waals surface area (Å²) in [4.78, 5) is 8.98. The Hall–Kier alpha value is -3.08. The molecule has 4 nitrogen and oxygen atoms in total. The average molecular weight is 396 g/mol. The molecule has 0 bridgehead atoms. The summed E-state index contributed by atoms with van der Waals surface area (Å²) in [6, 6.07) is 7.89. The highest BCUT2D eigenvalue weighted by molar-refractivity contribution is 6.35. The molecule has 1 aromatic heterocycles. The maximum absolute atomic E-state index is 6.12. The zero-order valence-corrected chi connectivity index (χ0v) is 17.7. The first-order valence-corrected chi connectivity index (χ1v) is 10.6. The lowest BCUT2D eigenvalue weighted by atomic mass is 9.98. The van der Waals surface area contributed by atoms with Crippen LogP contribution in [-0.2, 0) is 0 Å². The van der Waals surface area contributed by atoms with Gasteiger partial charge in [0.05, 0.1) is 0 Å². The molecule has 1 aromatic carbocycles. The second kappa shape index (κ2) is 11.2. The molecule has 0 fully saturated rings. The van der Waals surface area contributed by atoms with Gasteiger partial charge in [-0.3, -0.25) is 0 Å². The summed E-state index contributed by atoms with van der Waals surface area (Å²) < 4.78 is 0. The molecule has 0 saturated heterocycles. The van der Waals surface area contributed by atoms with Crippen LogP contribution >= 0.6 is 0 Å². The number of nitrogens with one attached hydrogen (secondary N) is 2. The Morgan fingerprint density at radius 1 is 1.17 bits per heavy atom. The third-order valence-corrected chi connectivity index (χ3v) is 5.02. The number of rotatable bonds is 7. The maximum Gasteiger partial charge on any atom is 0.229 e. The average Bonchev–Trinajstić information content (AvgIpc) is 2.73. The number of hydrogen-bond donors (Lipinski definition) is 2. The van der Waals surface area contributed by atoms with Crippen molar-refractivity contribution >= 4 is 36.8 Å². The van der Waals surface area contributed by atoms with Crippen molar-refractivity contribution in [1.82, 2.24) is 9.97 Å². The SMILES string of the molecule is [B]c1cnc(NC(/C=C\C)=C/C2=C/CCCCCC2)nc1Nc1ccccc1C=C. The number of para-hydroxylation sites is 1. The van der Waals surface area contributed by atoms with Gasteiger partial charge < -0.3 is 10.6 Å². The first-order valence-electron chi connectivity index (χ1n) is 10.6. The summed E-state index contributed by atoms with van der Waals surface area (Å²) in [7, 11) is 6.12. The summed E-state index contributed by atoms with van der Waals surface area (Å²) in [5, 5.41) is 6.64.